The smallest absolute Gasteiger partial charge is 0.254 e. The molecular formula is C14H18N2O2. The van der Waals surface area contributed by atoms with Gasteiger partial charge in [-0.05, 0) is 37.0 Å². The van der Waals surface area contributed by atoms with Crippen LogP contribution in [-0.2, 0) is 11.3 Å². The second-order valence-corrected chi connectivity index (χ2v) is 5.07. The first kappa shape index (κ1) is 11.5. The molecule has 18 heavy (non-hydrogen) atoms. The first-order chi connectivity index (χ1) is 8.74. The van der Waals surface area contributed by atoms with Gasteiger partial charge in [0.2, 0.25) is 0 Å². The van der Waals surface area contributed by atoms with Gasteiger partial charge in [0.1, 0.15) is 0 Å². The molecule has 1 saturated heterocycles. The fourth-order valence-electron chi connectivity index (χ4n) is 2.73. The summed E-state index contributed by atoms with van der Waals surface area (Å²) in [5.41, 5.74) is 8.23. The molecule has 1 amide bonds. The second kappa shape index (κ2) is 4.61. The van der Waals surface area contributed by atoms with Crippen LogP contribution in [0, 0.1) is 0 Å². The number of carbonyl (C=O) groups excluding carboxylic acids is 1. The van der Waals surface area contributed by atoms with Gasteiger partial charge in [-0.3, -0.25) is 4.79 Å². The third-order valence-electron chi connectivity index (χ3n) is 3.76. The van der Waals surface area contributed by atoms with Gasteiger partial charge in [0.15, 0.2) is 0 Å². The normalized spacial score (nSPS) is 22.6. The van der Waals surface area contributed by atoms with E-state index in [0.717, 1.165) is 43.5 Å². The Bertz CT molecular complexity index is 467. The fourth-order valence-corrected chi connectivity index (χ4v) is 2.73. The van der Waals surface area contributed by atoms with Gasteiger partial charge in [-0.25, -0.2) is 0 Å². The van der Waals surface area contributed by atoms with E-state index in [1.54, 1.807) is 6.07 Å². The molecule has 4 heteroatoms. The highest BCUT2D eigenvalue weighted by Gasteiger charge is 2.28. The molecule has 2 aliphatic heterocycles. The number of benzene rings is 1. The Morgan fingerprint density at radius 1 is 1.44 bits per heavy atom. The number of ether oxygens (including phenoxy) is 1. The minimum Gasteiger partial charge on any atom is -0.399 e. The lowest BCUT2D eigenvalue weighted by atomic mass is 10.1. The molecule has 3 rings (SSSR count). The van der Waals surface area contributed by atoms with Crippen molar-refractivity contribution in [3.05, 3.63) is 29.3 Å². The largest absolute Gasteiger partial charge is 0.399 e. The van der Waals surface area contributed by atoms with Gasteiger partial charge >= 0.3 is 0 Å². The standard InChI is InChI=1S/C14H18N2O2/c15-11-4-3-10-9-16(14(17)13(10)8-11)6-5-12-2-1-7-18-12/h3-4,8,12H,1-2,5-7,9,15H2. The molecule has 1 atom stereocenters. The van der Waals surface area contributed by atoms with Crippen LogP contribution >= 0.6 is 0 Å². The summed E-state index contributed by atoms with van der Waals surface area (Å²) >= 11 is 0. The molecule has 4 nitrogen and oxygen atoms in total. The molecule has 96 valence electrons. The maximum Gasteiger partial charge on any atom is 0.254 e. The lowest BCUT2D eigenvalue weighted by Gasteiger charge is -2.17. The summed E-state index contributed by atoms with van der Waals surface area (Å²) in [5.74, 6) is 0.107. The number of rotatable bonds is 3. The number of hydrogen-bond acceptors (Lipinski definition) is 3. The third kappa shape index (κ3) is 2.08. The quantitative estimate of drug-likeness (QED) is 0.827. The van der Waals surface area contributed by atoms with Crippen molar-refractivity contribution in [3.8, 4) is 0 Å². The van der Waals surface area contributed by atoms with E-state index in [1.165, 1.54) is 0 Å². The molecule has 2 heterocycles. The van der Waals surface area contributed by atoms with Crippen LogP contribution in [0.4, 0.5) is 5.69 Å². The Labute approximate surface area is 107 Å². The highest BCUT2D eigenvalue weighted by molar-refractivity contribution is 5.99. The summed E-state index contributed by atoms with van der Waals surface area (Å²) in [6.45, 7) is 2.36. The first-order valence-corrected chi connectivity index (χ1v) is 6.53. The van der Waals surface area contributed by atoms with E-state index in [2.05, 4.69) is 0 Å². The average molecular weight is 246 g/mol. The third-order valence-corrected chi connectivity index (χ3v) is 3.76. The molecule has 0 radical (unpaired) electrons. The molecule has 0 spiro atoms. The van der Waals surface area contributed by atoms with Crippen LogP contribution in [0.15, 0.2) is 18.2 Å². The lowest BCUT2D eigenvalue weighted by molar-refractivity contribution is 0.0689. The molecule has 2 N–H and O–H groups in total. The lowest BCUT2D eigenvalue weighted by Crippen LogP contribution is -2.27. The van der Waals surface area contributed by atoms with Crippen LogP contribution < -0.4 is 5.73 Å². The SMILES string of the molecule is Nc1ccc2c(c1)C(=O)N(CCC1CCCO1)C2. The average Bonchev–Trinajstić information content (AvgIpc) is 2.97. The number of carbonyl (C=O) groups is 1. The number of nitrogen functional groups attached to an aromatic ring is 1. The highest BCUT2D eigenvalue weighted by Crippen LogP contribution is 2.25. The van der Waals surface area contributed by atoms with Gasteiger partial charge in [-0.2, -0.15) is 0 Å². The molecule has 0 saturated carbocycles. The number of nitrogens with zero attached hydrogens (tertiary/aromatic N) is 1. The number of anilines is 1. The van der Waals surface area contributed by atoms with Crippen molar-refractivity contribution in [1.82, 2.24) is 4.90 Å². The van der Waals surface area contributed by atoms with Crippen molar-refractivity contribution in [2.45, 2.75) is 31.9 Å². The second-order valence-electron chi connectivity index (χ2n) is 5.07. The minimum atomic E-state index is 0.107. The number of fused-ring (bicyclic) bond motifs is 1. The van der Waals surface area contributed by atoms with E-state index in [4.69, 9.17) is 10.5 Å². The molecule has 0 bridgehead atoms. The first-order valence-electron chi connectivity index (χ1n) is 6.53. The van der Waals surface area contributed by atoms with E-state index in [9.17, 15) is 4.79 Å². The number of nitrogens with two attached hydrogens (primary N) is 1. The zero-order valence-electron chi connectivity index (χ0n) is 10.4. The van der Waals surface area contributed by atoms with Gasteiger partial charge in [0.05, 0.1) is 6.10 Å². The topological polar surface area (TPSA) is 55.6 Å². The highest BCUT2D eigenvalue weighted by atomic mass is 16.5. The number of amides is 1. The Kier molecular flexibility index (Phi) is 2.96. The minimum absolute atomic E-state index is 0.107. The molecule has 1 aromatic rings. The maximum absolute atomic E-state index is 12.2. The van der Waals surface area contributed by atoms with E-state index >= 15 is 0 Å². The van der Waals surface area contributed by atoms with Crippen molar-refractivity contribution < 1.29 is 9.53 Å². The summed E-state index contributed by atoms with van der Waals surface area (Å²) in [6, 6.07) is 5.59. The molecule has 1 unspecified atom stereocenters. The van der Waals surface area contributed by atoms with Crippen molar-refractivity contribution >= 4 is 11.6 Å². The molecule has 2 aliphatic rings. The molecule has 0 aliphatic carbocycles. The molecule has 0 aromatic heterocycles. The van der Waals surface area contributed by atoms with Crippen molar-refractivity contribution in [2.75, 3.05) is 18.9 Å². The van der Waals surface area contributed by atoms with Crippen molar-refractivity contribution in [3.63, 3.8) is 0 Å². The van der Waals surface area contributed by atoms with Gasteiger partial charge < -0.3 is 15.4 Å². The molecule has 1 aromatic carbocycles. The van der Waals surface area contributed by atoms with Gasteiger partial charge in [-0.15, -0.1) is 0 Å². The van der Waals surface area contributed by atoms with Gasteiger partial charge in [-0.1, -0.05) is 6.07 Å². The monoisotopic (exact) mass is 246 g/mol. The van der Waals surface area contributed by atoms with E-state index in [-0.39, 0.29) is 5.91 Å². The van der Waals surface area contributed by atoms with Crippen LogP contribution in [0.3, 0.4) is 0 Å². The van der Waals surface area contributed by atoms with E-state index in [0.29, 0.717) is 18.3 Å². The Hall–Kier alpha value is -1.55. The maximum atomic E-state index is 12.2. The predicted molar refractivity (Wildman–Crippen MR) is 69.2 cm³/mol. The van der Waals surface area contributed by atoms with Crippen LogP contribution in [0.25, 0.3) is 0 Å². The Balaban J connectivity index is 1.64. The summed E-state index contributed by atoms with van der Waals surface area (Å²) < 4.78 is 5.59. The van der Waals surface area contributed by atoms with Crippen LogP contribution in [0.2, 0.25) is 0 Å². The van der Waals surface area contributed by atoms with Crippen molar-refractivity contribution in [1.29, 1.82) is 0 Å². The molecular weight excluding hydrogens is 228 g/mol. The van der Waals surface area contributed by atoms with Gasteiger partial charge in [0, 0.05) is 30.9 Å². The van der Waals surface area contributed by atoms with Crippen LogP contribution in [0.5, 0.6) is 0 Å². The summed E-state index contributed by atoms with van der Waals surface area (Å²) in [6.07, 6.45) is 3.55. The zero-order chi connectivity index (χ0) is 12.5. The zero-order valence-corrected chi connectivity index (χ0v) is 10.4. The summed E-state index contributed by atoms with van der Waals surface area (Å²) in [4.78, 5) is 14.1. The Morgan fingerprint density at radius 2 is 2.33 bits per heavy atom. The Morgan fingerprint density at radius 3 is 3.11 bits per heavy atom. The molecule has 1 fully saturated rings. The van der Waals surface area contributed by atoms with Crippen LogP contribution in [0.1, 0.15) is 35.2 Å². The predicted octanol–water partition coefficient (Wildman–Crippen LogP) is 1.79. The summed E-state index contributed by atoms with van der Waals surface area (Å²) in [5, 5.41) is 0. The fraction of sp³-hybridized carbons (Fsp3) is 0.500. The summed E-state index contributed by atoms with van der Waals surface area (Å²) in [7, 11) is 0. The van der Waals surface area contributed by atoms with E-state index < -0.39 is 0 Å². The number of hydrogen-bond donors (Lipinski definition) is 1. The van der Waals surface area contributed by atoms with Crippen LogP contribution in [-0.4, -0.2) is 30.1 Å². The van der Waals surface area contributed by atoms with Gasteiger partial charge in [0.25, 0.3) is 5.91 Å². The van der Waals surface area contributed by atoms with Crippen molar-refractivity contribution in [2.24, 2.45) is 0 Å². The van der Waals surface area contributed by atoms with E-state index in [1.807, 2.05) is 17.0 Å².